The second-order valence-electron chi connectivity index (χ2n) is 12.8. The van der Waals surface area contributed by atoms with Crippen molar-refractivity contribution in [3.05, 3.63) is 78.4 Å². The van der Waals surface area contributed by atoms with Gasteiger partial charge in [-0.25, -0.2) is 4.79 Å². The predicted octanol–water partition coefficient (Wildman–Crippen LogP) is 0.349. The summed E-state index contributed by atoms with van der Waals surface area (Å²) in [6.45, 7) is 1.06. The number of aliphatic carboxylic acids is 1. The number of hydrogen-bond acceptors (Lipinski definition) is 14. The number of hydrogen-bond donors (Lipinski definition) is 9. The summed E-state index contributed by atoms with van der Waals surface area (Å²) in [4.78, 5) is 12.6. The van der Waals surface area contributed by atoms with E-state index in [1.807, 2.05) is 24.3 Å². The lowest BCUT2D eigenvalue weighted by atomic mass is 9.84. The second kappa shape index (κ2) is 16.6. The van der Waals surface area contributed by atoms with Crippen LogP contribution in [-0.2, 0) is 25.5 Å². The summed E-state index contributed by atoms with van der Waals surface area (Å²) in [6, 6.07) is 20.6. The number of nitrogens with one attached hydrogen (secondary N) is 1. The van der Waals surface area contributed by atoms with Gasteiger partial charge in [-0.2, -0.15) is 0 Å². The average molecular weight is 716 g/mol. The molecule has 0 spiro atoms. The van der Waals surface area contributed by atoms with Gasteiger partial charge < -0.3 is 69.9 Å². The van der Waals surface area contributed by atoms with Crippen LogP contribution in [-0.4, -0.2) is 128 Å². The van der Waals surface area contributed by atoms with Crippen LogP contribution in [0, 0.1) is 5.92 Å². The van der Waals surface area contributed by atoms with E-state index in [0.717, 1.165) is 16.7 Å². The second-order valence-corrected chi connectivity index (χ2v) is 12.8. The lowest BCUT2D eigenvalue weighted by Crippen LogP contribution is -2.63. The molecule has 15 heteroatoms. The molecular formula is C36H45NO14. The highest BCUT2D eigenvalue weighted by Crippen LogP contribution is 2.37. The van der Waals surface area contributed by atoms with Crippen LogP contribution in [0.15, 0.2) is 72.8 Å². The Kier molecular flexibility index (Phi) is 12.5. The lowest BCUT2D eigenvalue weighted by Gasteiger charge is -2.46. The quantitative estimate of drug-likeness (QED) is 0.110. The van der Waals surface area contributed by atoms with Crippen LogP contribution in [0.4, 0.5) is 0 Å². The monoisotopic (exact) mass is 715 g/mol. The van der Waals surface area contributed by atoms with Gasteiger partial charge >= 0.3 is 5.97 Å². The summed E-state index contributed by atoms with van der Waals surface area (Å²) < 4.78 is 27.9. The molecule has 3 aromatic carbocycles. The average Bonchev–Trinajstić information content (AvgIpc) is 3.13. The first kappa shape index (κ1) is 38.4. The summed E-state index contributed by atoms with van der Waals surface area (Å²) in [6.07, 6.45) is -14.5. The van der Waals surface area contributed by atoms with Crippen molar-refractivity contribution in [1.82, 2.24) is 5.32 Å². The maximum Gasteiger partial charge on any atom is 0.364 e. The van der Waals surface area contributed by atoms with Gasteiger partial charge in [0.1, 0.15) is 47.8 Å². The number of aliphatic hydroxyl groups is 6. The maximum atomic E-state index is 12.6. The number of phenols is 1. The van der Waals surface area contributed by atoms with E-state index in [1.165, 1.54) is 26.2 Å². The van der Waals surface area contributed by atoms with Crippen molar-refractivity contribution in [1.29, 1.82) is 0 Å². The van der Waals surface area contributed by atoms with Crippen LogP contribution < -0.4 is 14.8 Å². The molecule has 2 fully saturated rings. The molecule has 0 radical (unpaired) electrons. The van der Waals surface area contributed by atoms with Crippen molar-refractivity contribution in [3.63, 3.8) is 0 Å². The van der Waals surface area contributed by atoms with Gasteiger partial charge in [-0.1, -0.05) is 43.3 Å². The SMILES string of the molecule is COc1ccc(O[C@@H]2OC(CO[C@]3(C(=O)O)C[C@@H](O)[C@@H](C)C([C@H](O)[C@H](O)CNCc4ccc(-c5ccc(O)cc5)cc4)O3)[C@H](O)[C@H](O)C2O)cc1. The Morgan fingerprint density at radius 1 is 0.902 bits per heavy atom. The lowest BCUT2D eigenvalue weighted by molar-refractivity contribution is -0.336. The van der Waals surface area contributed by atoms with Gasteiger partial charge in [0.25, 0.3) is 5.79 Å². The molecule has 2 aliphatic rings. The Bertz CT molecular complexity index is 1560. The largest absolute Gasteiger partial charge is 0.508 e. The Labute approximate surface area is 294 Å². The molecule has 0 saturated carbocycles. The fourth-order valence-corrected chi connectivity index (χ4v) is 6.06. The third kappa shape index (κ3) is 8.96. The Morgan fingerprint density at radius 3 is 2.12 bits per heavy atom. The van der Waals surface area contributed by atoms with E-state index in [2.05, 4.69) is 5.32 Å². The van der Waals surface area contributed by atoms with E-state index in [0.29, 0.717) is 12.3 Å². The van der Waals surface area contributed by atoms with E-state index < -0.39 is 85.8 Å². The minimum Gasteiger partial charge on any atom is -0.508 e. The third-order valence-corrected chi connectivity index (χ3v) is 9.28. The normalized spacial score (nSPS) is 30.7. The first-order chi connectivity index (χ1) is 24.3. The first-order valence-electron chi connectivity index (χ1n) is 16.5. The molecule has 2 aliphatic heterocycles. The highest BCUT2D eigenvalue weighted by Gasteiger charge is 2.55. The van der Waals surface area contributed by atoms with E-state index in [4.69, 9.17) is 23.7 Å². The van der Waals surface area contributed by atoms with Gasteiger partial charge in [-0.05, 0) is 53.1 Å². The zero-order valence-electron chi connectivity index (χ0n) is 28.1. The van der Waals surface area contributed by atoms with Crippen LogP contribution in [0.1, 0.15) is 18.9 Å². The third-order valence-electron chi connectivity index (χ3n) is 9.28. The molecular weight excluding hydrogens is 670 g/mol. The Morgan fingerprint density at radius 2 is 1.51 bits per heavy atom. The first-order valence-corrected chi connectivity index (χ1v) is 16.5. The number of methoxy groups -OCH3 is 1. The van der Waals surface area contributed by atoms with E-state index in [-0.39, 0.29) is 18.0 Å². The van der Waals surface area contributed by atoms with Gasteiger partial charge in [0.05, 0.1) is 32.0 Å². The number of rotatable bonds is 14. The number of aromatic hydroxyl groups is 1. The molecule has 0 aliphatic carbocycles. The minimum absolute atomic E-state index is 0.109. The number of ether oxygens (including phenoxy) is 5. The zero-order chi connectivity index (χ0) is 36.9. The molecule has 0 aromatic heterocycles. The molecule has 15 nitrogen and oxygen atoms in total. The smallest absolute Gasteiger partial charge is 0.364 e. The number of carboxylic acids is 1. The number of phenolic OH excluding ortho intramolecular Hbond substituents is 1. The van der Waals surface area contributed by atoms with Crippen LogP contribution in [0.25, 0.3) is 11.1 Å². The number of benzene rings is 3. The van der Waals surface area contributed by atoms with Gasteiger partial charge in [-0.15, -0.1) is 0 Å². The van der Waals surface area contributed by atoms with Crippen LogP contribution in [0.3, 0.4) is 0 Å². The van der Waals surface area contributed by atoms with Crippen molar-refractivity contribution in [2.45, 2.75) is 80.8 Å². The molecule has 3 unspecified atom stereocenters. The Hall–Kier alpha value is -3.87. The van der Waals surface area contributed by atoms with Gasteiger partial charge in [0.2, 0.25) is 6.29 Å². The molecule has 3 aromatic rings. The fourth-order valence-electron chi connectivity index (χ4n) is 6.06. The molecule has 0 bridgehead atoms. The standard InChI is InChI=1S/C36H45NO14/c1-19-26(39)15-36(35(45)46,48-18-28-30(42)31(43)32(44)34(50-28)49-25-13-11-24(47-2)12-14-25)51-33(19)29(41)27(40)17-37-16-20-3-5-21(6-4-20)22-7-9-23(38)10-8-22/h3-14,19,26-34,37-44H,15-18H2,1-2H3,(H,45,46)/t19-,26-,27-,28?,29-,30+,31+,32?,33?,34-,36-/m1/s1. The summed E-state index contributed by atoms with van der Waals surface area (Å²) >= 11 is 0. The van der Waals surface area contributed by atoms with E-state index in [1.54, 1.807) is 36.4 Å². The van der Waals surface area contributed by atoms with E-state index >= 15 is 0 Å². The predicted molar refractivity (Wildman–Crippen MR) is 179 cm³/mol. The summed E-state index contributed by atoms with van der Waals surface area (Å²) in [7, 11) is 1.48. The van der Waals surface area contributed by atoms with Crippen molar-refractivity contribution >= 4 is 5.97 Å². The number of carboxylic acid groups (broad SMARTS) is 1. The van der Waals surface area contributed by atoms with Crippen molar-refractivity contribution in [2.24, 2.45) is 5.92 Å². The van der Waals surface area contributed by atoms with Crippen LogP contribution in [0.5, 0.6) is 17.2 Å². The van der Waals surface area contributed by atoms with Crippen LogP contribution >= 0.6 is 0 Å². The van der Waals surface area contributed by atoms with Crippen LogP contribution in [0.2, 0.25) is 0 Å². The van der Waals surface area contributed by atoms with Gasteiger partial charge in [-0.3, -0.25) is 0 Å². The van der Waals surface area contributed by atoms with Crippen molar-refractivity contribution < 1.29 is 69.3 Å². The topological polar surface area (TPSA) is 237 Å². The van der Waals surface area contributed by atoms with Crippen molar-refractivity contribution in [3.8, 4) is 28.4 Å². The highest BCUT2D eigenvalue weighted by atomic mass is 16.7. The number of aliphatic hydroxyl groups excluding tert-OH is 6. The number of carbonyl (C=O) groups is 1. The zero-order valence-corrected chi connectivity index (χ0v) is 28.1. The highest BCUT2D eigenvalue weighted by molar-refractivity contribution is 5.76. The Balaban J connectivity index is 1.19. The molecule has 51 heavy (non-hydrogen) atoms. The van der Waals surface area contributed by atoms with Gasteiger partial charge in [0, 0.05) is 25.4 Å². The van der Waals surface area contributed by atoms with Crippen molar-refractivity contribution in [2.75, 3.05) is 20.3 Å². The minimum atomic E-state index is -2.54. The summed E-state index contributed by atoms with van der Waals surface area (Å²) in [5.74, 6) is -4.06. The molecule has 9 N–H and O–H groups in total. The molecule has 2 heterocycles. The summed E-state index contributed by atoms with van der Waals surface area (Å²) in [5, 5.41) is 87.3. The molecule has 2 saturated heterocycles. The fraction of sp³-hybridized carbons (Fsp3) is 0.472. The van der Waals surface area contributed by atoms with E-state index in [9.17, 15) is 45.6 Å². The molecule has 11 atom stereocenters. The molecule has 278 valence electrons. The maximum absolute atomic E-state index is 12.6. The summed E-state index contributed by atoms with van der Waals surface area (Å²) in [5.41, 5.74) is 2.76. The van der Waals surface area contributed by atoms with Gasteiger partial charge in [0.15, 0.2) is 0 Å². The molecule has 5 rings (SSSR count). The molecule has 0 amide bonds.